The van der Waals surface area contributed by atoms with Crippen molar-refractivity contribution in [2.45, 2.75) is 65.0 Å². The van der Waals surface area contributed by atoms with E-state index in [1.165, 1.54) is 0 Å². The van der Waals surface area contributed by atoms with E-state index in [2.05, 4.69) is 19.6 Å². The lowest BCUT2D eigenvalue weighted by molar-refractivity contribution is 0.00638. The molecule has 0 saturated carbocycles. The van der Waals surface area contributed by atoms with Crippen molar-refractivity contribution in [3.63, 3.8) is 0 Å². The summed E-state index contributed by atoms with van der Waals surface area (Å²) in [6.07, 6.45) is 1.86. The number of carbonyl (C=O) groups excluding carboxylic acids is 1. The number of piperidine rings is 1. The summed E-state index contributed by atoms with van der Waals surface area (Å²) in [5.41, 5.74) is 5.44. The minimum atomic E-state index is -1.63. The third-order valence-corrected chi connectivity index (χ3v) is 4.38. The van der Waals surface area contributed by atoms with Crippen LogP contribution in [0.25, 0.3) is 0 Å². The fourth-order valence-corrected chi connectivity index (χ4v) is 3.79. The Kier molecular flexibility index (Phi) is 6.25. The van der Waals surface area contributed by atoms with Crippen LogP contribution < -0.4 is 5.73 Å². The summed E-state index contributed by atoms with van der Waals surface area (Å²) in [6.45, 7) is 14.1. The average Bonchev–Trinajstić information content (AvgIpc) is 2.33. The molecule has 2 N–H and O–H groups in total. The molecule has 2 unspecified atom stereocenters. The Bertz CT molecular complexity index is 350. The molecule has 2 atom stereocenters. The highest BCUT2D eigenvalue weighted by molar-refractivity contribution is 6.69. The molecule has 1 rings (SSSR count). The average molecular weight is 317 g/mol. The van der Waals surface area contributed by atoms with Crippen molar-refractivity contribution in [2.24, 2.45) is 11.7 Å². The fraction of sp³-hybridized carbons (Fsp3) is 0.933. The molecule has 1 heterocycles. The van der Waals surface area contributed by atoms with Gasteiger partial charge in [-0.25, -0.2) is 4.79 Å². The quantitative estimate of drug-likeness (QED) is 0.810. The summed E-state index contributed by atoms with van der Waals surface area (Å²) in [5, 5.41) is 0. The third kappa shape index (κ3) is 6.80. The molecule has 6 heteroatoms. The van der Waals surface area contributed by atoms with Crippen molar-refractivity contribution in [1.82, 2.24) is 4.90 Å². The number of carbonyl (C=O) groups is 1. The first kappa shape index (κ1) is 18.5. The number of rotatable bonds is 4. The summed E-state index contributed by atoms with van der Waals surface area (Å²) in [5.74, 6) is 0.308. The molecule has 21 heavy (non-hydrogen) atoms. The van der Waals surface area contributed by atoms with Crippen molar-refractivity contribution in [2.75, 3.05) is 19.6 Å². The lowest BCUT2D eigenvalue weighted by atomic mass is 9.93. The third-order valence-electron chi connectivity index (χ3n) is 3.37. The summed E-state index contributed by atoms with van der Waals surface area (Å²) in [7, 11) is -1.63. The Morgan fingerprint density at radius 1 is 1.38 bits per heavy atom. The molecule has 0 aromatic heterocycles. The Morgan fingerprint density at radius 3 is 2.48 bits per heavy atom. The normalized spacial score (nSPS) is 22.0. The highest BCUT2D eigenvalue weighted by atomic mass is 28.4. The number of ether oxygens (including phenoxy) is 1. The van der Waals surface area contributed by atoms with Crippen LogP contribution in [0.3, 0.4) is 0 Å². The van der Waals surface area contributed by atoms with Gasteiger partial charge in [0.25, 0.3) is 0 Å². The second-order valence-electron chi connectivity index (χ2n) is 7.83. The van der Waals surface area contributed by atoms with E-state index in [0.29, 0.717) is 19.0 Å². The molecule has 1 amide bonds. The Hall–Kier alpha value is -0.593. The van der Waals surface area contributed by atoms with Gasteiger partial charge in [0.2, 0.25) is 0 Å². The number of likely N-dealkylation sites (tertiary alicyclic amines) is 1. The highest BCUT2D eigenvalue weighted by Crippen LogP contribution is 2.25. The molecule has 1 aliphatic rings. The van der Waals surface area contributed by atoms with Crippen molar-refractivity contribution in [3.05, 3.63) is 0 Å². The van der Waals surface area contributed by atoms with Crippen LogP contribution in [0.2, 0.25) is 19.6 Å². The first-order valence-corrected chi connectivity index (χ1v) is 11.3. The van der Waals surface area contributed by atoms with E-state index in [0.717, 1.165) is 19.4 Å². The van der Waals surface area contributed by atoms with Crippen LogP contribution in [0.5, 0.6) is 0 Å². The Balaban J connectivity index is 2.64. The zero-order valence-corrected chi connectivity index (χ0v) is 15.4. The molecular weight excluding hydrogens is 284 g/mol. The van der Waals surface area contributed by atoms with Crippen LogP contribution in [0, 0.1) is 5.92 Å². The van der Waals surface area contributed by atoms with E-state index in [1.807, 2.05) is 20.8 Å². The van der Waals surface area contributed by atoms with E-state index in [-0.39, 0.29) is 12.2 Å². The van der Waals surface area contributed by atoms with E-state index in [9.17, 15) is 4.79 Å². The van der Waals surface area contributed by atoms with Crippen LogP contribution in [-0.4, -0.2) is 50.6 Å². The smallest absolute Gasteiger partial charge is 0.410 e. The number of hydrogen-bond donors (Lipinski definition) is 1. The van der Waals surface area contributed by atoms with Gasteiger partial charge in [0, 0.05) is 25.6 Å². The van der Waals surface area contributed by atoms with Gasteiger partial charge in [0.1, 0.15) is 5.60 Å². The minimum absolute atomic E-state index is 0.0434. The van der Waals surface area contributed by atoms with Gasteiger partial charge in [0.15, 0.2) is 8.32 Å². The summed E-state index contributed by atoms with van der Waals surface area (Å²) in [6, 6.07) is 0. The predicted molar refractivity (Wildman–Crippen MR) is 87.8 cm³/mol. The van der Waals surface area contributed by atoms with E-state index >= 15 is 0 Å². The molecule has 5 nitrogen and oxygen atoms in total. The molecule has 0 aromatic carbocycles. The Morgan fingerprint density at radius 2 is 2.00 bits per heavy atom. The number of nitrogens with zero attached hydrogens (tertiary/aromatic N) is 1. The van der Waals surface area contributed by atoms with Gasteiger partial charge in [0.05, 0.1) is 6.10 Å². The monoisotopic (exact) mass is 316 g/mol. The lowest BCUT2D eigenvalue weighted by Gasteiger charge is -2.39. The van der Waals surface area contributed by atoms with Crippen LogP contribution >= 0.6 is 0 Å². The highest BCUT2D eigenvalue weighted by Gasteiger charge is 2.33. The van der Waals surface area contributed by atoms with Gasteiger partial charge in [-0.15, -0.1) is 0 Å². The van der Waals surface area contributed by atoms with Crippen molar-refractivity contribution < 1.29 is 14.0 Å². The number of hydrogen-bond acceptors (Lipinski definition) is 4. The standard InChI is InChI=1S/C15H32N2O3Si/c1-15(2,3)19-14(18)17-9-7-8-12(11-17)13(10-16)20-21(4,5)6/h12-13H,7-11,16H2,1-6H3. The first-order chi connectivity index (χ1) is 9.52. The second kappa shape index (κ2) is 7.11. The maximum Gasteiger partial charge on any atom is 0.410 e. The van der Waals surface area contributed by atoms with Crippen molar-refractivity contribution >= 4 is 14.4 Å². The fourth-order valence-electron chi connectivity index (χ4n) is 2.60. The molecule has 1 saturated heterocycles. The SMILES string of the molecule is CC(C)(C)OC(=O)N1CCCC(C(CN)O[Si](C)(C)C)C1. The van der Waals surface area contributed by atoms with Gasteiger partial charge >= 0.3 is 6.09 Å². The molecule has 0 aliphatic carbocycles. The lowest BCUT2D eigenvalue weighted by Crippen LogP contribution is -2.49. The van der Waals surface area contributed by atoms with Gasteiger partial charge in [-0.2, -0.15) is 0 Å². The molecule has 0 spiro atoms. The van der Waals surface area contributed by atoms with E-state index < -0.39 is 13.9 Å². The topological polar surface area (TPSA) is 64.8 Å². The van der Waals surface area contributed by atoms with Gasteiger partial charge < -0.3 is 19.8 Å². The van der Waals surface area contributed by atoms with Gasteiger partial charge in [-0.05, 0) is 53.3 Å². The molecule has 0 radical (unpaired) electrons. The second-order valence-corrected chi connectivity index (χ2v) is 12.3. The van der Waals surface area contributed by atoms with Gasteiger partial charge in [-0.3, -0.25) is 0 Å². The van der Waals surface area contributed by atoms with Crippen molar-refractivity contribution in [1.29, 1.82) is 0 Å². The molecule has 1 aliphatic heterocycles. The summed E-state index contributed by atoms with van der Waals surface area (Å²) >= 11 is 0. The van der Waals surface area contributed by atoms with Crippen LogP contribution in [0.1, 0.15) is 33.6 Å². The Labute approximate surface area is 130 Å². The molecule has 0 aromatic rings. The summed E-state index contributed by atoms with van der Waals surface area (Å²) < 4.78 is 11.7. The largest absolute Gasteiger partial charge is 0.444 e. The summed E-state index contributed by atoms with van der Waals surface area (Å²) in [4.78, 5) is 14.0. The van der Waals surface area contributed by atoms with Gasteiger partial charge in [-0.1, -0.05) is 0 Å². The zero-order chi connectivity index (χ0) is 16.3. The molecule has 1 fully saturated rings. The first-order valence-electron chi connectivity index (χ1n) is 7.87. The van der Waals surface area contributed by atoms with Crippen LogP contribution in [0.4, 0.5) is 4.79 Å². The molecular formula is C15H32N2O3Si. The number of amides is 1. The van der Waals surface area contributed by atoms with E-state index in [1.54, 1.807) is 4.90 Å². The van der Waals surface area contributed by atoms with E-state index in [4.69, 9.17) is 14.9 Å². The zero-order valence-electron chi connectivity index (χ0n) is 14.4. The van der Waals surface area contributed by atoms with Crippen LogP contribution in [0.15, 0.2) is 0 Å². The predicted octanol–water partition coefficient (Wildman–Crippen LogP) is 2.81. The maximum absolute atomic E-state index is 12.2. The maximum atomic E-state index is 12.2. The molecule has 124 valence electrons. The number of nitrogens with two attached hydrogens (primary N) is 1. The molecule has 0 bridgehead atoms. The van der Waals surface area contributed by atoms with Crippen molar-refractivity contribution in [3.8, 4) is 0 Å². The minimum Gasteiger partial charge on any atom is -0.444 e. The van der Waals surface area contributed by atoms with Crippen LogP contribution in [-0.2, 0) is 9.16 Å².